The molecule has 124 valence electrons. The predicted octanol–water partition coefficient (Wildman–Crippen LogP) is 3.28. The average Bonchev–Trinajstić information content (AvgIpc) is 3.05. The molecule has 0 spiro atoms. The van der Waals surface area contributed by atoms with Crippen LogP contribution in [0.5, 0.6) is 0 Å². The van der Waals surface area contributed by atoms with Gasteiger partial charge in [0.1, 0.15) is 11.5 Å². The summed E-state index contributed by atoms with van der Waals surface area (Å²) >= 11 is 0. The molecule has 6 heteroatoms. The molecule has 0 saturated heterocycles. The van der Waals surface area contributed by atoms with Crippen molar-refractivity contribution >= 4 is 5.69 Å². The Labute approximate surface area is 142 Å². The fraction of sp³-hybridized carbons (Fsp3) is 0.333. The summed E-state index contributed by atoms with van der Waals surface area (Å²) in [6.07, 6.45) is 9.25. The highest BCUT2D eigenvalue weighted by atomic mass is 15.1. The number of aromatic nitrogens is 5. The van der Waals surface area contributed by atoms with Gasteiger partial charge in [-0.15, -0.1) is 0 Å². The van der Waals surface area contributed by atoms with E-state index in [0.29, 0.717) is 5.92 Å². The third-order valence-corrected chi connectivity index (χ3v) is 3.82. The molecule has 0 atom stereocenters. The van der Waals surface area contributed by atoms with E-state index in [4.69, 9.17) is 0 Å². The van der Waals surface area contributed by atoms with E-state index in [9.17, 15) is 0 Å². The Morgan fingerprint density at radius 2 is 2.00 bits per heavy atom. The number of hydrogen-bond donors (Lipinski definition) is 1. The van der Waals surface area contributed by atoms with Gasteiger partial charge in [-0.3, -0.25) is 4.98 Å². The number of nitrogens with zero attached hydrogens (tertiary/aromatic N) is 5. The van der Waals surface area contributed by atoms with E-state index in [0.717, 1.165) is 41.7 Å². The minimum Gasteiger partial charge on any atom is -0.383 e. The minimum absolute atomic E-state index is 0.296. The van der Waals surface area contributed by atoms with Crippen molar-refractivity contribution in [2.24, 2.45) is 0 Å². The lowest BCUT2D eigenvalue weighted by Crippen LogP contribution is -2.12. The fourth-order valence-corrected chi connectivity index (χ4v) is 2.48. The van der Waals surface area contributed by atoms with Crippen molar-refractivity contribution in [3.05, 3.63) is 54.5 Å². The van der Waals surface area contributed by atoms with Crippen LogP contribution in [-0.2, 0) is 6.54 Å². The molecule has 0 amide bonds. The van der Waals surface area contributed by atoms with E-state index in [1.54, 1.807) is 12.4 Å². The topological polar surface area (TPSA) is 68.5 Å². The highest BCUT2D eigenvalue weighted by Crippen LogP contribution is 2.17. The summed E-state index contributed by atoms with van der Waals surface area (Å²) in [5.41, 5.74) is 3.11. The van der Waals surface area contributed by atoms with Gasteiger partial charge in [0, 0.05) is 55.7 Å². The molecular weight excluding hydrogens is 300 g/mol. The Morgan fingerprint density at radius 1 is 1.12 bits per heavy atom. The zero-order valence-electron chi connectivity index (χ0n) is 14.3. The molecule has 0 radical (unpaired) electrons. The molecule has 0 saturated carbocycles. The van der Waals surface area contributed by atoms with Crippen LogP contribution in [0.15, 0.2) is 43.1 Å². The molecular formula is C18H22N6. The number of pyridine rings is 1. The molecule has 6 nitrogen and oxygen atoms in total. The zero-order valence-corrected chi connectivity index (χ0v) is 14.3. The summed E-state index contributed by atoms with van der Waals surface area (Å²) in [6, 6.07) is 3.90. The van der Waals surface area contributed by atoms with E-state index >= 15 is 0 Å². The molecule has 0 aromatic carbocycles. The quantitative estimate of drug-likeness (QED) is 0.754. The van der Waals surface area contributed by atoms with E-state index in [-0.39, 0.29) is 0 Å². The van der Waals surface area contributed by atoms with Crippen LogP contribution in [0.1, 0.15) is 31.2 Å². The first-order chi connectivity index (χ1) is 11.6. The van der Waals surface area contributed by atoms with Crippen molar-refractivity contribution in [1.82, 2.24) is 24.5 Å². The van der Waals surface area contributed by atoms with Crippen molar-refractivity contribution in [2.75, 3.05) is 11.9 Å². The molecule has 3 aromatic rings. The van der Waals surface area contributed by atoms with Gasteiger partial charge < -0.3 is 9.88 Å². The third kappa shape index (κ3) is 3.59. The van der Waals surface area contributed by atoms with Gasteiger partial charge in [-0.25, -0.2) is 15.0 Å². The van der Waals surface area contributed by atoms with Crippen molar-refractivity contribution in [2.45, 2.75) is 33.2 Å². The molecule has 0 bridgehead atoms. The van der Waals surface area contributed by atoms with Crippen LogP contribution < -0.4 is 5.32 Å². The van der Waals surface area contributed by atoms with Crippen LogP contribution in [-0.4, -0.2) is 31.0 Å². The smallest absolute Gasteiger partial charge is 0.158 e. The van der Waals surface area contributed by atoms with E-state index in [2.05, 4.69) is 43.7 Å². The van der Waals surface area contributed by atoms with Gasteiger partial charge in [0.15, 0.2) is 5.82 Å². The number of hydrogen-bond acceptors (Lipinski definition) is 5. The van der Waals surface area contributed by atoms with Gasteiger partial charge in [0.25, 0.3) is 0 Å². The molecule has 0 aliphatic heterocycles. The SMILES string of the molecule is Cc1cnccc1NCCn1ccnc1-c1ccnc(C(C)C)n1. The lowest BCUT2D eigenvalue weighted by atomic mass is 10.2. The van der Waals surface area contributed by atoms with Crippen LogP contribution in [0.2, 0.25) is 0 Å². The van der Waals surface area contributed by atoms with Crippen LogP contribution in [0.3, 0.4) is 0 Å². The summed E-state index contributed by atoms with van der Waals surface area (Å²) in [4.78, 5) is 17.5. The van der Waals surface area contributed by atoms with Crippen LogP contribution in [0, 0.1) is 6.92 Å². The van der Waals surface area contributed by atoms with Crippen molar-refractivity contribution < 1.29 is 0 Å². The van der Waals surface area contributed by atoms with Gasteiger partial charge in [-0.1, -0.05) is 13.8 Å². The third-order valence-electron chi connectivity index (χ3n) is 3.82. The standard InChI is InChI=1S/C18H22N6/c1-13(2)17-21-7-5-16(23-17)18-22-9-11-24(18)10-8-20-15-4-6-19-12-14(15)3/h4-7,9,11-13H,8,10H2,1-3H3,(H,19,20). The molecule has 0 fully saturated rings. The van der Waals surface area contributed by atoms with Gasteiger partial charge >= 0.3 is 0 Å². The number of rotatable bonds is 6. The second-order valence-electron chi connectivity index (χ2n) is 6.02. The number of anilines is 1. The normalized spacial score (nSPS) is 11.0. The maximum atomic E-state index is 4.63. The number of imidazole rings is 1. The second-order valence-corrected chi connectivity index (χ2v) is 6.02. The van der Waals surface area contributed by atoms with Crippen molar-refractivity contribution in [3.63, 3.8) is 0 Å². The largest absolute Gasteiger partial charge is 0.383 e. The highest BCUT2D eigenvalue weighted by Gasteiger charge is 2.10. The zero-order chi connectivity index (χ0) is 16.9. The van der Waals surface area contributed by atoms with Gasteiger partial charge in [0.2, 0.25) is 0 Å². The lowest BCUT2D eigenvalue weighted by Gasteiger charge is -2.12. The molecule has 24 heavy (non-hydrogen) atoms. The Kier molecular flexibility index (Phi) is 4.84. The first-order valence-corrected chi connectivity index (χ1v) is 8.14. The average molecular weight is 322 g/mol. The lowest BCUT2D eigenvalue weighted by molar-refractivity contribution is 0.726. The molecule has 1 N–H and O–H groups in total. The Morgan fingerprint density at radius 3 is 2.79 bits per heavy atom. The van der Waals surface area contributed by atoms with Crippen molar-refractivity contribution in [3.8, 4) is 11.5 Å². The highest BCUT2D eigenvalue weighted by molar-refractivity contribution is 5.50. The van der Waals surface area contributed by atoms with E-state index < -0.39 is 0 Å². The summed E-state index contributed by atoms with van der Waals surface area (Å²) in [7, 11) is 0. The molecule has 3 rings (SSSR count). The van der Waals surface area contributed by atoms with Crippen LogP contribution in [0.25, 0.3) is 11.5 Å². The van der Waals surface area contributed by atoms with Crippen molar-refractivity contribution in [1.29, 1.82) is 0 Å². The Bertz CT molecular complexity index is 809. The summed E-state index contributed by atoms with van der Waals surface area (Å²) in [5.74, 6) is 2.00. The minimum atomic E-state index is 0.296. The van der Waals surface area contributed by atoms with Crippen LogP contribution >= 0.6 is 0 Å². The summed E-state index contributed by atoms with van der Waals surface area (Å²) < 4.78 is 2.11. The first-order valence-electron chi connectivity index (χ1n) is 8.14. The summed E-state index contributed by atoms with van der Waals surface area (Å²) in [5, 5.41) is 3.44. The summed E-state index contributed by atoms with van der Waals surface area (Å²) in [6.45, 7) is 7.83. The predicted molar refractivity (Wildman–Crippen MR) is 94.8 cm³/mol. The Balaban J connectivity index is 1.72. The number of aryl methyl sites for hydroxylation is 1. The first kappa shape index (κ1) is 16.1. The van der Waals surface area contributed by atoms with E-state index in [1.165, 1.54) is 0 Å². The van der Waals surface area contributed by atoms with Gasteiger partial charge in [-0.2, -0.15) is 0 Å². The molecule has 0 unspecified atom stereocenters. The Hall–Kier alpha value is -2.76. The monoisotopic (exact) mass is 322 g/mol. The molecule has 0 aliphatic rings. The number of nitrogens with one attached hydrogen (secondary N) is 1. The van der Waals surface area contributed by atoms with Gasteiger partial charge in [0.05, 0.1) is 0 Å². The molecule has 0 aliphatic carbocycles. The van der Waals surface area contributed by atoms with Gasteiger partial charge in [-0.05, 0) is 24.6 Å². The maximum Gasteiger partial charge on any atom is 0.158 e. The second kappa shape index (κ2) is 7.21. The maximum absolute atomic E-state index is 4.63. The molecule has 3 heterocycles. The fourth-order valence-electron chi connectivity index (χ4n) is 2.48. The molecule has 3 aromatic heterocycles. The van der Waals surface area contributed by atoms with Crippen LogP contribution in [0.4, 0.5) is 5.69 Å². The van der Waals surface area contributed by atoms with E-state index in [1.807, 2.05) is 37.6 Å².